The van der Waals surface area contributed by atoms with E-state index in [1.54, 1.807) is 6.92 Å². The molecule has 0 saturated carbocycles. The van der Waals surface area contributed by atoms with Gasteiger partial charge in [0.1, 0.15) is 0 Å². The van der Waals surface area contributed by atoms with Crippen LogP contribution in [0.4, 0.5) is 11.4 Å². The van der Waals surface area contributed by atoms with E-state index >= 15 is 0 Å². The highest BCUT2D eigenvalue weighted by Gasteiger charge is 2.32. The van der Waals surface area contributed by atoms with Crippen LogP contribution < -0.4 is 21.3 Å². The summed E-state index contributed by atoms with van der Waals surface area (Å²) < 4.78 is 2.12. The number of piperidine rings is 1. The molecule has 0 unspecified atom stereocenters. The smallest absolute Gasteiger partial charge is 0.224 e. The molecule has 2 aliphatic rings. The zero-order chi connectivity index (χ0) is 25.1. The number of hydrogen-bond acceptors (Lipinski definition) is 5. The molecule has 0 radical (unpaired) electrons. The van der Waals surface area contributed by atoms with Crippen molar-refractivity contribution in [2.45, 2.75) is 51.2 Å². The lowest BCUT2D eigenvalue weighted by Gasteiger charge is -2.39. The summed E-state index contributed by atoms with van der Waals surface area (Å²) in [6, 6.07) is 15.1. The largest absolute Gasteiger partial charge is 0.378 e. The second-order valence-electron chi connectivity index (χ2n) is 9.72. The van der Waals surface area contributed by atoms with Gasteiger partial charge in [0.2, 0.25) is 5.91 Å². The molecule has 2 atom stereocenters. The number of carbonyl (C=O) groups is 1. The van der Waals surface area contributed by atoms with Crippen molar-refractivity contribution in [2.24, 2.45) is 5.73 Å². The van der Waals surface area contributed by atoms with Crippen LogP contribution in [-0.2, 0) is 4.79 Å². The van der Waals surface area contributed by atoms with Crippen molar-refractivity contribution in [3.05, 3.63) is 66.0 Å². The van der Waals surface area contributed by atoms with Crippen molar-refractivity contribution >= 4 is 17.3 Å². The van der Waals surface area contributed by atoms with E-state index in [0.717, 1.165) is 66.0 Å². The SMILES string of the molecule is CC(=O)N1c2ccc(-c3cnn(C4CCNCC4)c3)cc2[C@H](Nc2ccc(C#CCN)cc2)C[C@@H]1C. The molecule has 7 heteroatoms. The van der Waals surface area contributed by atoms with Gasteiger partial charge in [-0.1, -0.05) is 17.9 Å². The maximum atomic E-state index is 12.6. The molecule has 5 rings (SSSR count). The molecule has 0 spiro atoms. The van der Waals surface area contributed by atoms with Gasteiger partial charge in [-0.2, -0.15) is 5.10 Å². The van der Waals surface area contributed by atoms with E-state index in [2.05, 4.69) is 75.7 Å². The van der Waals surface area contributed by atoms with Gasteiger partial charge in [-0.25, -0.2) is 0 Å². The van der Waals surface area contributed by atoms with Crippen LogP contribution in [0.15, 0.2) is 54.9 Å². The first-order chi connectivity index (χ1) is 17.5. The Morgan fingerprint density at radius 1 is 1.17 bits per heavy atom. The molecule has 1 fully saturated rings. The fraction of sp³-hybridized carbons (Fsp3) is 0.379. The molecule has 3 aromatic rings. The Labute approximate surface area is 213 Å². The summed E-state index contributed by atoms with van der Waals surface area (Å²) in [7, 11) is 0. The number of amides is 1. The van der Waals surface area contributed by atoms with Crippen LogP contribution in [0.3, 0.4) is 0 Å². The standard InChI is InChI=1S/C29H34N6O/c1-20-16-28(33-25-8-5-22(6-9-25)4-3-13-30)27-17-23(7-10-29(27)35(20)21(2)36)24-18-32-34(19-24)26-11-14-31-15-12-26/h5-10,17-20,26,28,31,33H,11-16,30H2,1-2H3/t20-,28+/m0/s1. The summed E-state index contributed by atoms with van der Waals surface area (Å²) >= 11 is 0. The van der Waals surface area contributed by atoms with Gasteiger partial charge < -0.3 is 21.3 Å². The number of nitrogens with one attached hydrogen (secondary N) is 2. The summed E-state index contributed by atoms with van der Waals surface area (Å²) in [4.78, 5) is 14.5. The number of nitrogens with two attached hydrogens (primary N) is 1. The average Bonchev–Trinajstić information content (AvgIpc) is 3.39. The second-order valence-corrected chi connectivity index (χ2v) is 9.72. The zero-order valence-corrected chi connectivity index (χ0v) is 21.0. The molecular formula is C29H34N6O. The fourth-order valence-corrected chi connectivity index (χ4v) is 5.42. The summed E-state index contributed by atoms with van der Waals surface area (Å²) in [6.45, 7) is 6.17. The lowest BCUT2D eigenvalue weighted by Crippen LogP contribution is -2.43. The van der Waals surface area contributed by atoms with Crippen molar-refractivity contribution in [2.75, 3.05) is 29.9 Å². The molecule has 36 heavy (non-hydrogen) atoms. The summed E-state index contributed by atoms with van der Waals surface area (Å²) in [5.74, 6) is 6.03. The maximum Gasteiger partial charge on any atom is 0.224 e. The molecule has 0 bridgehead atoms. The van der Waals surface area contributed by atoms with Crippen LogP contribution in [-0.4, -0.2) is 41.4 Å². The van der Waals surface area contributed by atoms with Crippen LogP contribution in [0.2, 0.25) is 0 Å². The molecule has 1 amide bonds. The first kappa shape index (κ1) is 24.1. The van der Waals surface area contributed by atoms with Crippen LogP contribution in [0, 0.1) is 11.8 Å². The van der Waals surface area contributed by atoms with E-state index in [9.17, 15) is 4.79 Å². The van der Waals surface area contributed by atoms with Crippen molar-refractivity contribution in [3.8, 4) is 23.0 Å². The topological polar surface area (TPSA) is 88.2 Å². The number of carbonyl (C=O) groups excluding carboxylic acids is 1. The molecule has 0 aliphatic carbocycles. The van der Waals surface area contributed by atoms with Gasteiger partial charge in [0.05, 0.1) is 24.8 Å². The van der Waals surface area contributed by atoms with E-state index in [1.807, 2.05) is 23.2 Å². The molecule has 186 valence electrons. The first-order valence-electron chi connectivity index (χ1n) is 12.8. The average molecular weight is 483 g/mol. The molecule has 2 aromatic carbocycles. The molecule has 7 nitrogen and oxygen atoms in total. The Bertz CT molecular complexity index is 1280. The van der Waals surface area contributed by atoms with Gasteiger partial charge in [0, 0.05) is 41.7 Å². The Hall–Kier alpha value is -3.60. The van der Waals surface area contributed by atoms with Gasteiger partial charge in [-0.3, -0.25) is 9.48 Å². The van der Waals surface area contributed by atoms with E-state index in [4.69, 9.17) is 5.73 Å². The summed E-state index contributed by atoms with van der Waals surface area (Å²) in [6.07, 6.45) is 7.13. The van der Waals surface area contributed by atoms with Gasteiger partial charge in [-0.05, 0) is 86.8 Å². The maximum absolute atomic E-state index is 12.6. The van der Waals surface area contributed by atoms with Crippen molar-refractivity contribution in [3.63, 3.8) is 0 Å². The third-order valence-electron chi connectivity index (χ3n) is 7.20. The van der Waals surface area contributed by atoms with Crippen molar-refractivity contribution in [1.82, 2.24) is 15.1 Å². The lowest BCUT2D eigenvalue weighted by molar-refractivity contribution is -0.117. The monoisotopic (exact) mass is 482 g/mol. The third-order valence-corrected chi connectivity index (χ3v) is 7.20. The normalized spacial score (nSPS) is 19.8. The minimum atomic E-state index is 0.0662. The highest BCUT2D eigenvalue weighted by molar-refractivity contribution is 5.94. The highest BCUT2D eigenvalue weighted by atomic mass is 16.2. The van der Waals surface area contributed by atoms with Crippen LogP contribution >= 0.6 is 0 Å². The number of aromatic nitrogens is 2. The first-order valence-corrected chi connectivity index (χ1v) is 12.8. The van der Waals surface area contributed by atoms with Crippen LogP contribution in [0.1, 0.15) is 56.3 Å². The van der Waals surface area contributed by atoms with Crippen LogP contribution in [0.25, 0.3) is 11.1 Å². The number of fused-ring (bicyclic) bond motifs is 1. The minimum absolute atomic E-state index is 0.0662. The molecular weight excluding hydrogens is 448 g/mol. The minimum Gasteiger partial charge on any atom is -0.378 e. The van der Waals surface area contributed by atoms with E-state index in [1.165, 1.54) is 0 Å². The van der Waals surface area contributed by atoms with Gasteiger partial charge in [-0.15, -0.1) is 0 Å². The second kappa shape index (κ2) is 10.6. The van der Waals surface area contributed by atoms with Gasteiger partial charge in [0.15, 0.2) is 0 Å². The molecule has 3 heterocycles. The Morgan fingerprint density at radius 2 is 1.94 bits per heavy atom. The Morgan fingerprint density at radius 3 is 2.67 bits per heavy atom. The number of nitrogens with zero attached hydrogens (tertiary/aromatic N) is 3. The zero-order valence-electron chi connectivity index (χ0n) is 21.0. The number of rotatable bonds is 4. The van der Waals surface area contributed by atoms with Crippen LogP contribution in [0.5, 0.6) is 0 Å². The van der Waals surface area contributed by atoms with E-state index < -0.39 is 0 Å². The number of benzene rings is 2. The fourth-order valence-electron chi connectivity index (χ4n) is 5.42. The quantitative estimate of drug-likeness (QED) is 0.488. The molecule has 1 saturated heterocycles. The summed E-state index contributed by atoms with van der Waals surface area (Å²) in [5.41, 5.74) is 11.8. The molecule has 2 aliphatic heterocycles. The molecule has 1 aromatic heterocycles. The van der Waals surface area contributed by atoms with Gasteiger partial charge >= 0.3 is 0 Å². The third kappa shape index (κ3) is 5.01. The van der Waals surface area contributed by atoms with Crippen molar-refractivity contribution < 1.29 is 4.79 Å². The van der Waals surface area contributed by atoms with E-state index in [-0.39, 0.29) is 18.0 Å². The number of hydrogen-bond donors (Lipinski definition) is 3. The Kier molecular flexibility index (Phi) is 7.08. The highest BCUT2D eigenvalue weighted by Crippen LogP contribution is 2.41. The molecule has 4 N–H and O–H groups in total. The predicted octanol–water partition coefficient (Wildman–Crippen LogP) is 4.08. The predicted molar refractivity (Wildman–Crippen MR) is 145 cm³/mol. The van der Waals surface area contributed by atoms with Crippen molar-refractivity contribution in [1.29, 1.82) is 0 Å². The summed E-state index contributed by atoms with van der Waals surface area (Å²) in [5, 5.41) is 11.8. The van der Waals surface area contributed by atoms with E-state index in [0.29, 0.717) is 12.6 Å². The lowest BCUT2D eigenvalue weighted by atomic mass is 9.89. The Balaban J connectivity index is 1.46. The van der Waals surface area contributed by atoms with Gasteiger partial charge in [0.25, 0.3) is 0 Å². The number of anilines is 2.